The van der Waals surface area contributed by atoms with Crippen LogP contribution in [0.25, 0.3) is 16.9 Å². The highest BCUT2D eigenvalue weighted by Crippen LogP contribution is 2.26. The summed E-state index contributed by atoms with van der Waals surface area (Å²) in [4.78, 5) is 20.2. The molecule has 27 heavy (non-hydrogen) atoms. The minimum atomic E-state index is 0.0423. The molecule has 1 fully saturated rings. The van der Waals surface area contributed by atoms with Gasteiger partial charge in [-0.3, -0.25) is 9.69 Å². The Kier molecular flexibility index (Phi) is 4.90. The van der Waals surface area contributed by atoms with Gasteiger partial charge < -0.3 is 4.74 Å². The number of hydrogen-bond acceptors (Lipinski definition) is 5. The number of benzene rings is 1. The van der Waals surface area contributed by atoms with Crippen molar-refractivity contribution in [2.75, 3.05) is 26.7 Å². The van der Waals surface area contributed by atoms with Crippen molar-refractivity contribution < 1.29 is 9.53 Å². The zero-order valence-electron chi connectivity index (χ0n) is 15.8. The molecule has 0 spiro atoms. The molecule has 2 aromatic heterocycles. The van der Waals surface area contributed by atoms with Crippen molar-refractivity contribution in [3.8, 4) is 17.1 Å². The number of likely N-dealkylation sites (tertiary alicyclic amines) is 1. The summed E-state index contributed by atoms with van der Waals surface area (Å²) < 4.78 is 6.88. The van der Waals surface area contributed by atoms with Gasteiger partial charge in [0, 0.05) is 11.6 Å². The molecule has 4 rings (SSSR count). The number of ether oxygens (including phenoxy) is 1. The maximum Gasteiger partial charge on any atom is 0.231 e. The van der Waals surface area contributed by atoms with Crippen LogP contribution in [-0.2, 0) is 0 Å². The van der Waals surface area contributed by atoms with Gasteiger partial charge in [0.25, 0.3) is 0 Å². The molecular weight excluding hydrogens is 340 g/mol. The van der Waals surface area contributed by atoms with Gasteiger partial charge in [0.05, 0.1) is 13.7 Å². The minimum Gasteiger partial charge on any atom is -0.480 e. The molecule has 0 amide bonds. The molecular formula is C21H24N4O2. The summed E-state index contributed by atoms with van der Waals surface area (Å²) in [6.45, 7) is 4.38. The topological polar surface area (TPSA) is 59.7 Å². The Labute approximate surface area is 158 Å². The van der Waals surface area contributed by atoms with E-state index in [0.29, 0.717) is 29.5 Å². The monoisotopic (exact) mass is 364 g/mol. The molecule has 0 unspecified atom stereocenters. The van der Waals surface area contributed by atoms with Crippen LogP contribution in [0.1, 0.15) is 35.3 Å². The molecule has 0 N–H and O–H groups in total. The number of aryl methyl sites for hydroxylation is 1. The second-order valence-corrected chi connectivity index (χ2v) is 7.08. The van der Waals surface area contributed by atoms with Crippen LogP contribution in [0.3, 0.4) is 0 Å². The summed E-state index contributed by atoms with van der Waals surface area (Å²) in [5.74, 6) is 0.503. The molecule has 140 valence electrons. The lowest BCUT2D eigenvalue weighted by Gasteiger charge is -2.25. The summed E-state index contributed by atoms with van der Waals surface area (Å²) in [6, 6.07) is 11.7. The van der Waals surface area contributed by atoms with E-state index in [1.807, 2.05) is 37.3 Å². The highest BCUT2D eigenvalue weighted by Gasteiger charge is 2.24. The number of aromatic nitrogens is 3. The molecule has 1 aliphatic rings. The van der Waals surface area contributed by atoms with Crippen molar-refractivity contribution in [2.24, 2.45) is 0 Å². The fourth-order valence-corrected chi connectivity index (χ4v) is 3.58. The lowest BCUT2D eigenvalue weighted by molar-refractivity contribution is 0.0909. The van der Waals surface area contributed by atoms with E-state index in [4.69, 9.17) is 9.72 Å². The number of carbonyl (C=O) groups excluding carboxylic acids is 1. The fourth-order valence-electron chi connectivity index (χ4n) is 3.58. The van der Waals surface area contributed by atoms with Crippen molar-refractivity contribution >= 4 is 11.4 Å². The number of Topliss-reactive ketones (excluding diaryl/α,β-unsaturated/α-hetero) is 1. The first-order valence-electron chi connectivity index (χ1n) is 9.42. The quantitative estimate of drug-likeness (QED) is 0.650. The van der Waals surface area contributed by atoms with E-state index >= 15 is 0 Å². The number of ketones is 1. The zero-order valence-corrected chi connectivity index (χ0v) is 15.8. The van der Waals surface area contributed by atoms with Crippen LogP contribution >= 0.6 is 0 Å². The van der Waals surface area contributed by atoms with Gasteiger partial charge in [-0.25, -0.2) is 9.50 Å². The predicted octanol–water partition coefficient (Wildman–Crippen LogP) is 3.38. The number of hydrogen-bond donors (Lipinski definition) is 0. The van der Waals surface area contributed by atoms with E-state index in [0.717, 1.165) is 31.5 Å². The van der Waals surface area contributed by atoms with Crippen molar-refractivity contribution in [1.29, 1.82) is 0 Å². The Hall–Kier alpha value is -2.73. The Morgan fingerprint density at radius 1 is 1.07 bits per heavy atom. The van der Waals surface area contributed by atoms with Gasteiger partial charge in [-0.2, -0.15) is 0 Å². The van der Waals surface area contributed by atoms with Gasteiger partial charge in [-0.15, -0.1) is 5.10 Å². The molecule has 6 heteroatoms. The van der Waals surface area contributed by atoms with Crippen LogP contribution in [0.2, 0.25) is 0 Å². The summed E-state index contributed by atoms with van der Waals surface area (Å²) in [5.41, 5.74) is 3.94. The molecule has 3 aromatic rings. The van der Waals surface area contributed by atoms with Crippen LogP contribution in [0.15, 0.2) is 36.4 Å². The predicted molar refractivity (Wildman–Crippen MR) is 104 cm³/mol. The van der Waals surface area contributed by atoms with E-state index in [1.165, 1.54) is 12.0 Å². The van der Waals surface area contributed by atoms with E-state index in [2.05, 4.69) is 10.00 Å². The first-order valence-corrected chi connectivity index (χ1v) is 9.42. The highest BCUT2D eigenvalue weighted by molar-refractivity contribution is 6.02. The first-order chi connectivity index (χ1) is 13.2. The summed E-state index contributed by atoms with van der Waals surface area (Å²) in [5, 5.41) is 4.46. The maximum atomic E-state index is 13.3. The SMILES string of the molecule is COc1ccc2nc(-c3ccc(C)cc3)c(C(=O)CN3CCCCC3)n2n1. The van der Waals surface area contributed by atoms with E-state index in [-0.39, 0.29) is 5.78 Å². The zero-order chi connectivity index (χ0) is 18.8. The van der Waals surface area contributed by atoms with E-state index < -0.39 is 0 Å². The average molecular weight is 364 g/mol. The summed E-state index contributed by atoms with van der Waals surface area (Å²) >= 11 is 0. The Balaban J connectivity index is 1.80. The van der Waals surface area contributed by atoms with Crippen molar-refractivity contribution in [1.82, 2.24) is 19.5 Å². The Bertz CT molecular complexity index is 956. The number of rotatable bonds is 5. The molecule has 1 aromatic carbocycles. The second-order valence-electron chi connectivity index (χ2n) is 7.08. The Morgan fingerprint density at radius 2 is 1.81 bits per heavy atom. The third-order valence-electron chi connectivity index (χ3n) is 5.07. The van der Waals surface area contributed by atoms with Crippen LogP contribution in [-0.4, -0.2) is 52.0 Å². The largest absolute Gasteiger partial charge is 0.480 e. The lowest BCUT2D eigenvalue weighted by atomic mass is 10.1. The highest BCUT2D eigenvalue weighted by atomic mass is 16.5. The van der Waals surface area contributed by atoms with Crippen LogP contribution < -0.4 is 4.74 Å². The van der Waals surface area contributed by atoms with Gasteiger partial charge in [0.15, 0.2) is 11.4 Å². The molecule has 1 saturated heterocycles. The summed E-state index contributed by atoms with van der Waals surface area (Å²) in [7, 11) is 1.57. The van der Waals surface area contributed by atoms with Crippen LogP contribution in [0, 0.1) is 6.92 Å². The van der Waals surface area contributed by atoms with Crippen LogP contribution in [0.5, 0.6) is 5.88 Å². The van der Waals surface area contributed by atoms with Crippen molar-refractivity contribution in [3.05, 3.63) is 47.7 Å². The second kappa shape index (κ2) is 7.48. The number of imidazole rings is 1. The Morgan fingerprint density at radius 3 is 2.52 bits per heavy atom. The van der Waals surface area contributed by atoms with Crippen molar-refractivity contribution in [3.63, 3.8) is 0 Å². The first kappa shape index (κ1) is 17.7. The van der Waals surface area contributed by atoms with Gasteiger partial charge in [0.1, 0.15) is 11.4 Å². The van der Waals surface area contributed by atoms with Crippen LogP contribution in [0.4, 0.5) is 0 Å². The molecule has 0 atom stereocenters. The van der Waals surface area contributed by atoms with Gasteiger partial charge >= 0.3 is 0 Å². The van der Waals surface area contributed by atoms with Gasteiger partial charge in [-0.1, -0.05) is 36.2 Å². The molecule has 0 aliphatic carbocycles. The molecule has 3 heterocycles. The summed E-state index contributed by atoms with van der Waals surface area (Å²) in [6.07, 6.45) is 3.54. The number of fused-ring (bicyclic) bond motifs is 1. The van der Waals surface area contributed by atoms with Gasteiger partial charge in [-0.05, 0) is 38.9 Å². The van der Waals surface area contributed by atoms with E-state index in [9.17, 15) is 4.79 Å². The smallest absolute Gasteiger partial charge is 0.231 e. The van der Waals surface area contributed by atoms with Gasteiger partial charge in [0.2, 0.25) is 5.88 Å². The maximum absolute atomic E-state index is 13.3. The molecule has 0 bridgehead atoms. The number of piperidine rings is 1. The molecule has 1 aliphatic heterocycles. The number of carbonyl (C=O) groups is 1. The molecule has 0 radical (unpaired) electrons. The number of nitrogens with zero attached hydrogens (tertiary/aromatic N) is 4. The third kappa shape index (κ3) is 3.57. The minimum absolute atomic E-state index is 0.0423. The molecule has 0 saturated carbocycles. The standard InChI is InChI=1S/C21H24N4O2/c1-15-6-8-16(9-7-15)20-21(17(26)14-24-12-4-3-5-13-24)25-18(22-20)10-11-19(23-25)27-2/h6-11H,3-5,12-14H2,1-2H3. The normalized spacial score (nSPS) is 15.2. The van der Waals surface area contributed by atoms with E-state index in [1.54, 1.807) is 17.7 Å². The number of methoxy groups -OCH3 is 1. The fraction of sp³-hybridized carbons (Fsp3) is 0.381. The third-order valence-corrected chi connectivity index (χ3v) is 5.07. The van der Waals surface area contributed by atoms with Crippen molar-refractivity contribution in [2.45, 2.75) is 26.2 Å². The molecule has 6 nitrogen and oxygen atoms in total. The average Bonchev–Trinajstić information content (AvgIpc) is 3.08. The lowest BCUT2D eigenvalue weighted by Crippen LogP contribution is -2.35.